The lowest BCUT2D eigenvalue weighted by molar-refractivity contribution is 0.0981. The summed E-state index contributed by atoms with van der Waals surface area (Å²) in [4.78, 5) is 28.9. The standard InChI is InChI=1S/C28H36N6O4S.2H2/c1-17(2)16-38-24-13-18(3)12-22(30-24)21-11-10-20(26(31-21)34-15-19(4)14-28(34,5)6)27(35)33-39(36,37)25-9-7-8-23(29)32-25;;/h7-13,17,19H,14-16H2,1-6H3,(H2,29,32)(H,33,35);2*1H/t19-;;/m0../s1. The van der Waals surface area contributed by atoms with Gasteiger partial charge in [0.15, 0.2) is 5.03 Å². The molecule has 1 aliphatic heterocycles. The van der Waals surface area contributed by atoms with Crippen molar-refractivity contribution < 1.29 is 20.8 Å². The lowest BCUT2D eigenvalue weighted by Crippen LogP contribution is -2.41. The van der Waals surface area contributed by atoms with Crippen molar-refractivity contribution >= 4 is 27.6 Å². The van der Waals surface area contributed by atoms with E-state index in [-0.39, 0.29) is 24.8 Å². The summed E-state index contributed by atoms with van der Waals surface area (Å²) in [5, 5.41) is -0.338. The first-order chi connectivity index (χ1) is 18.2. The Labute approximate surface area is 233 Å². The van der Waals surface area contributed by atoms with E-state index in [9.17, 15) is 13.2 Å². The maximum absolute atomic E-state index is 13.4. The first-order valence-corrected chi connectivity index (χ1v) is 14.4. The molecule has 0 saturated carbocycles. The molecule has 212 valence electrons. The molecule has 39 heavy (non-hydrogen) atoms. The van der Waals surface area contributed by atoms with E-state index in [0.29, 0.717) is 48.1 Å². The van der Waals surface area contributed by atoms with Crippen molar-refractivity contribution in [2.45, 2.75) is 58.5 Å². The first kappa shape index (κ1) is 28.3. The number of hydrogen-bond acceptors (Lipinski definition) is 9. The molecule has 3 aromatic heterocycles. The fourth-order valence-electron chi connectivity index (χ4n) is 4.84. The Hall–Kier alpha value is -3.73. The highest BCUT2D eigenvalue weighted by atomic mass is 32.2. The number of anilines is 2. The number of pyridine rings is 3. The Kier molecular flexibility index (Phi) is 7.83. The number of nitrogen functional groups attached to an aromatic ring is 1. The maximum Gasteiger partial charge on any atom is 0.281 e. The smallest absolute Gasteiger partial charge is 0.281 e. The molecule has 0 radical (unpaired) electrons. The quantitative estimate of drug-likeness (QED) is 0.404. The zero-order valence-electron chi connectivity index (χ0n) is 23.2. The second-order valence-electron chi connectivity index (χ2n) is 11.2. The van der Waals surface area contributed by atoms with Crippen LogP contribution >= 0.6 is 0 Å². The molecule has 0 unspecified atom stereocenters. The number of sulfonamides is 1. The summed E-state index contributed by atoms with van der Waals surface area (Å²) in [5.41, 5.74) is 7.59. The lowest BCUT2D eigenvalue weighted by atomic mass is 9.97. The Morgan fingerprint density at radius 2 is 1.92 bits per heavy atom. The molecular formula is C28H40N6O4S. The van der Waals surface area contributed by atoms with Crippen molar-refractivity contribution in [1.29, 1.82) is 0 Å². The van der Waals surface area contributed by atoms with E-state index < -0.39 is 15.9 Å². The summed E-state index contributed by atoms with van der Waals surface area (Å²) in [5.74, 6) is 0.822. The number of carbonyl (C=O) groups excluding carboxylic acids is 1. The molecule has 0 bridgehead atoms. The zero-order valence-corrected chi connectivity index (χ0v) is 24.0. The van der Waals surface area contributed by atoms with Gasteiger partial charge in [0.05, 0.1) is 23.6 Å². The minimum Gasteiger partial charge on any atom is -0.477 e. The van der Waals surface area contributed by atoms with E-state index in [1.165, 1.54) is 18.2 Å². The minimum absolute atomic E-state index is 0. The van der Waals surface area contributed by atoms with Gasteiger partial charge < -0.3 is 15.4 Å². The van der Waals surface area contributed by atoms with Gasteiger partial charge in [-0.05, 0) is 74.9 Å². The molecule has 4 rings (SSSR count). The van der Waals surface area contributed by atoms with Gasteiger partial charge in [-0.3, -0.25) is 4.79 Å². The number of nitrogens with one attached hydrogen (secondary N) is 1. The molecule has 1 saturated heterocycles. The van der Waals surface area contributed by atoms with Gasteiger partial charge in [0.1, 0.15) is 11.6 Å². The van der Waals surface area contributed by atoms with Gasteiger partial charge in [0.2, 0.25) is 5.88 Å². The summed E-state index contributed by atoms with van der Waals surface area (Å²) in [6.07, 6.45) is 0.890. The SMILES string of the molecule is Cc1cc(OCC(C)C)nc(-c2ccc(C(=O)NS(=O)(=O)c3cccc(N)n3)c(N3C[C@@H](C)CC3(C)C)n2)c1.[HH].[HH]. The number of hydrogen-bond donors (Lipinski definition) is 2. The molecule has 4 heterocycles. The van der Waals surface area contributed by atoms with Gasteiger partial charge in [-0.15, -0.1) is 0 Å². The van der Waals surface area contributed by atoms with E-state index in [2.05, 4.69) is 54.2 Å². The number of rotatable bonds is 8. The largest absolute Gasteiger partial charge is 0.477 e. The summed E-state index contributed by atoms with van der Waals surface area (Å²) in [7, 11) is -4.26. The van der Waals surface area contributed by atoms with Crippen LogP contribution in [0.3, 0.4) is 0 Å². The monoisotopic (exact) mass is 556 g/mol. The van der Waals surface area contributed by atoms with Crippen molar-refractivity contribution in [2.75, 3.05) is 23.8 Å². The Balaban J connectivity index is 0.00000294. The van der Waals surface area contributed by atoms with Crippen molar-refractivity contribution in [3.05, 3.63) is 53.6 Å². The highest BCUT2D eigenvalue weighted by Gasteiger charge is 2.39. The van der Waals surface area contributed by atoms with Crippen LogP contribution in [0.5, 0.6) is 5.88 Å². The summed E-state index contributed by atoms with van der Waals surface area (Å²) in [6.45, 7) is 13.6. The fourth-order valence-corrected chi connectivity index (χ4v) is 5.78. The number of aromatic nitrogens is 3. The van der Waals surface area contributed by atoms with Gasteiger partial charge in [0, 0.05) is 21.0 Å². The van der Waals surface area contributed by atoms with Gasteiger partial charge in [-0.1, -0.05) is 26.8 Å². The zero-order chi connectivity index (χ0) is 28.5. The summed E-state index contributed by atoms with van der Waals surface area (Å²) >= 11 is 0. The van der Waals surface area contributed by atoms with Crippen molar-refractivity contribution in [1.82, 2.24) is 19.7 Å². The van der Waals surface area contributed by atoms with Gasteiger partial charge in [0.25, 0.3) is 15.9 Å². The second kappa shape index (κ2) is 10.8. The molecule has 3 aromatic rings. The highest BCUT2D eigenvalue weighted by Crippen LogP contribution is 2.38. The molecule has 10 nitrogen and oxygen atoms in total. The van der Waals surface area contributed by atoms with Crippen LogP contribution in [0.1, 0.15) is 59.8 Å². The minimum atomic E-state index is -4.26. The van der Waals surface area contributed by atoms with Crippen molar-refractivity contribution in [2.24, 2.45) is 11.8 Å². The molecule has 11 heteroatoms. The van der Waals surface area contributed by atoms with Crippen molar-refractivity contribution in [3.8, 4) is 17.3 Å². The third-order valence-electron chi connectivity index (χ3n) is 6.47. The molecule has 0 aromatic carbocycles. The van der Waals surface area contributed by atoms with Crippen LogP contribution in [0.4, 0.5) is 11.6 Å². The highest BCUT2D eigenvalue weighted by molar-refractivity contribution is 7.90. The average Bonchev–Trinajstić information content (AvgIpc) is 3.13. The molecule has 1 atom stereocenters. The normalized spacial score (nSPS) is 16.9. The fraction of sp³-hybridized carbons (Fsp3) is 0.429. The van der Waals surface area contributed by atoms with E-state index in [1.54, 1.807) is 12.1 Å². The number of ether oxygens (including phenoxy) is 1. The van der Waals surface area contributed by atoms with Gasteiger partial charge in [-0.25, -0.2) is 19.7 Å². The Morgan fingerprint density at radius 1 is 1.18 bits per heavy atom. The molecule has 1 aliphatic rings. The lowest BCUT2D eigenvalue weighted by Gasteiger charge is -2.34. The van der Waals surface area contributed by atoms with Crippen LogP contribution in [0.25, 0.3) is 11.4 Å². The van der Waals surface area contributed by atoms with E-state index in [4.69, 9.17) is 15.5 Å². The first-order valence-electron chi connectivity index (χ1n) is 13.0. The van der Waals surface area contributed by atoms with Crippen molar-refractivity contribution in [3.63, 3.8) is 0 Å². The predicted octanol–water partition coefficient (Wildman–Crippen LogP) is 4.70. The van der Waals surface area contributed by atoms with Gasteiger partial charge >= 0.3 is 0 Å². The molecule has 0 spiro atoms. The van der Waals surface area contributed by atoms with Crippen LogP contribution in [0, 0.1) is 18.8 Å². The summed E-state index contributed by atoms with van der Waals surface area (Å²) in [6, 6.07) is 11.2. The summed E-state index contributed by atoms with van der Waals surface area (Å²) < 4.78 is 33.9. The van der Waals surface area contributed by atoms with Crippen LogP contribution in [-0.2, 0) is 10.0 Å². The maximum atomic E-state index is 13.4. The molecule has 1 fully saturated rings. The average molecular weight is 557 g/mol. The third kappa shape index (κ3) is 6.47. The molecular weight excluding hydrogens is 516 g/mol. The number of carbonyl (C=O) groups is 1. The molecule has 1 amide bonds. The Bertz CT molecular complexity index is 1500. The van der Waals surface area contributed by atoms with Crippen LogP contribution in [0.15, 0.2) is 47.5 Å². The topological polar surface area (TPSA) is 140 Å². The van der Waals surface area contributed by atoms with E-state index in [1.807, 2.05) is 19.1 Å². The Morgan fingerprint density at radius 3 is 2.56 bits per heavy atom. The number of amides is 1. The number of nitrogens with zero attached hydrogens (tertiary/aromatic N) is 4. The predicted molar refractivity (Wildman–Crippen MR) is 155 cm³/mol. The van der Waals surface area contributed by atoms with E-state index >= 15 is 0 Å². The number of aryl methyl sites for hydroxylation is 1. The van der Waals surface area contributed by atoms with Crippen LogP contribution < -0.4 is 20.1 Å². The third-order valence-corrected chi connectivity index (χ3v) is 7.70. The molecule has 3 N–H and O–H groups in total. The molecule has 0 aliphatic carbocycles. The number of nitrogens with two attached hydrogens (primary N) is 1. The van der Waals surface area contributed by atoms with E-state index in [0.717, 1.165) is 12.0 Å². The van der Waals surface area contributed by atoms with Gasteiger partial charge in [-0.2, -0.15) is 8.42 Å². The second-order valence-corrected chi connectivity index (χ2v) is 12.8. The van der Waals surface area contributed by atoms with Crippen LogP contribution in [0.2, 0.25) is 0 Å². The van der Waals surface area contributed by atoms with Crippen LogP contribution in [-0.4, -0.2) is 48.0 Å².